The van der Waals surface area contributed by atoms with Gasteiger partial charge in [0.25, 0.3) is 0 Å². The zero-order valence-corrected chi connectivity index (χ0v) is 11.6. The van der Waals surface area contributed by atoms with Gasteiger partial charge in [-0.05, 0) is 31.2 Å². The number of benzene rings is 1. The molecule has 18 heavy (non-hydrogen) atoms. The Balaban J connectivity index is 2.14. The number of hydrogen-bond donors (Lipinski definition) is 1. The third-order valence-electron chi connectivity index (χ3n) is 2.67. The van der Waals surface area contributed by atoms with E-state index in [-0.39, 0.29) is 0 Å². The maximum Gasteiger partial charge on any atom is 0.101 e. The van der Waals surface area contributed by atoms with Gasteiger partial charge in [-0.15, -0.1) is 0 Å². The van der Waals surface area contributed by atoms with Crippen molar-refractivity contribution in [3.63, 3.8) is 0 Å². The normalized spacial score (nSPS) is 10.1. The van der Waals surface area contributed by atoms with E-state index in [1.54, 1.807) is 12.3 Å². The Morgan fingerprint density at radius 1 is 1.44 bits per heavy atom. The number of anilines is 1. The lowest BCUT2D eigenvalue weighted by molar-refractivity contribution is 0.627. The van der Waals surface area contributed by atoms with E-state index in [1.807, 2.05) is 22.9 Å². The maximum atomic E-state index is 9.07. The van der Waals surface area contributed by atoms with Crippen LogP contribution in [0.25, 0.3) is 0 Å². The van der Waals surface area contributed by atoms with Crippen LogP contribution in [0.2, 0.25) is 0 Å². The Morgan fingerprint density at radius 3 is 3.00 bits per heavy atom. The Bertz CT molecular complexity index is 583. The molecule has 0 radical (unpaired) electrons. The molecule has 1 N–H and O–H groups in total. The zero-order chi connectivity index (χ0) is 13.0. The second-order valence-electron chi connectivity index (χ2n) is 3.79. The van der Waals surface area contributed by atoms with E-state index in [1.165, 1.54) is 0 Å². The van der Waals surface area contributed by atoms with Crippen LogP contribution in [0, 0.1) is 11.3 Å². The second kappa shape index (κ2) is 5.69. The first-order valence-electron chi connectivity index (χ1n) is 5.68. The van der Waals surface area contributed by atoms with E-state index in [9.17, 15) is 0 Å². The van der Waals surface area contributed by atoms with E-state index in [0.29, 0.717) is 12.1 Å². The number of nitrogens with one attached hydrogen (secondary N) is 1. The number of nitrogens with zero attached hydrogens (tertiary/aromatic N) is 3. The van der Waals surface area contributed by atoms with Gasteiger partial charge < -0.3 is 5.32 Å². The number of hydrogen-bond acceptors (Lipinski definition) is 3. The van der Waals surface area contributed by atoms with Crippen molar-refractivity contribution >= 4 is 21.6 Å². The molecule has 0 aliphatic carbocycles. The molecule has 0 fully saturated rings. The number of halogens is 1. The highest BCUT2D eigenvalue weighted by Crippen LogP contribution is 2.20. The van der Waals surface area contributed by atoms with Gasteiger partial charge in [-0.25, -0.2) is 0 Å². The van der Waals surface area contributed by atoms with Crippen LogP contribution in [0.3, 0.4) is 0 Å². The topological polar surface area (TPSA) is 53.6 Å². The summed E-state index contributed by atoms with van der Waals surface area (Å²) >= 11 is 3.36. The van der Waals surface area contributed by atoms with Crippen LogP contribution in [-0.2, 0) is 13.1 Å². The average molecular weight is 305 g/mol. The summed E-state index contributed by atoms with van der Waals surface area (Å²) < 4.78 is 2.83. The van der Waals surface area contributed by atoms with Gasteiger partial charge in [-0.3, -0.25) is 4.68 Å². The number of aromatic nitrogens is 2. The predicted octanol–water partition coefficient (Wildman–Crippen LogP) is 3.15. The Morgan fingerprint density at radius 2 is 2.28 bits per heavy atom. The van der Waals surface area contributed by atoms with Crippen LogP contribution in [0.5, 0.6) is 0 Å². The zero-order valence-electron chi connectivity index (χ0n) is 10.0. The van der Waals surface area contributed by atoms with Gasteiger partial charge in [0.1, 0.15) is 6.07 Å². The molecule has 0 spiro atoms. The molecule has 92 valence electrons. The van der Waals surface area contributed by atoms with Crippen LogP contribution < -0.4 is 5.32 Å². The largest absolute Gasteiger partial charge is 0.378 e. The third-order valence-corrected chi connectivity index (χ3v) is 3.16. The number of nitriles is 1. The maximum absolute atomic E-state index is 9.07. The predicted molar refractivity (Wildman–Crippen MR) is 74.1 cm³/mol. The Hall–Kier alpha value is -1.80. The van der Waals surface area contributed by atoms with Gasteiger partial charge in [-0.1, -0.05) is 15.9 Å². The fourth-order valence-corrected chi connectivity index (χ4v) is 2.10. The van der Waals surface area contributed by atoms with Crippen molar-refractivity contribution in [2.75, 3.05) is 5.32 Å². The molecule has 0 aliphatic rings. The third kappa shape index (κ3) is 2.71. The molecular formula is C13H13BrN4. The first kappa shape index (κ1) is 12.7. The van der Waals surface area contributed by atoms with Crippen molar-refractivity contribution < 1.29 is 0 Å². The molecule has 1 aromatic carbocycles. The minimum atomic E-state index is 0.631. The molecule has 4 nitrogen and oxygen atoms in total. The summed E-state index contributed by atoms with van der Waals surface area (Å²) in [6, 6.07) is 9.77. The van der Waals surface area contributed by atoms with Crippen molar-refractivity contribution in [3.05, 3.63) is 46.2 Å². The summed E-state index contributed by atoms with van der Waals surface area (Å²) in [5.41, 5.74) is 2.57. The van der Waals surface area contributed by atoms with Crippen LogP contribution in [0.15, 0.2) is 34.9 Å². The van der Waals surface area contributed by atoms with Crippen LogP contribution in [-0.4, -0.2) is 9.78 Å². The van der Waals surface area contributed by atoms with Crippen molar-refractivity contribution in [1.82, 2.24) is 9.78 Å². The highest BCUT2D eigenvalue weighted by atomic mass is 79.9. The highest BCUT2D eigenvalue weighted by Gasteiger charge is 2.04. The molecule has 0 aliphatic heterocycles. The van der Waals surface area contributed by atoms with E-state index in [4.69, 9.17) is 5.26 Å². The van der Waals surface area contributed by atoms with Crippen LogP contribution >= 0.6 is 15.9 Å². The van der Waals surface area contributed by atoms with Crippen molar-refractivity contribution in [2.45, 2.75) is 20.0 Å². The lowest BCUT2D eigenvalue weighted by atomic mass is 10.2. The van der Waals surface area contributed by atoms with Crippen molar-refractivity contribution in [1.29, 1.82) is 5.26 Å². The molecular weight excluding hydrogens is 292 g/mol. The smallest absolute Gasteiger partial charge is 0.101 e. The molecule has 2 aromatic rings. The Kier molecular flexibility index (Phi) is 4.00. The molecule has 0 bridgehead atoms. The molecule has 0 unspecified atom stereocenters. The minimum absolute atomic E-state index is 0.631. The number of aryl methyl sites for hydroxylation is 1. The second-order valence-corrected chi connectivity index (χ2v) is 4.71. The van der Waals surface area contributed by atoms with E-state index >= 15 is 0 Å². The van der Waals surface area contributed by atoms with E-state index in [0.717, 1.165) is 22.4 Å². The molecule has 1 aromatic heterocycles. The summed E-state index contributed by atoms with van der Waals surface area (Å²) in [6.45, 7) is 3.55. The molecule has 0 saturated carbocycles. The van der Waals surface area contributed by atoms with Gasteiger partial charge in [0.05, 0.1) is 23.5 Å². The first-order chi connectivity index (χ1) is 8.74. The summed E-state index contributed by atoms with van der Waals surface area (Å²) in [5, 5.41) is 16.5. The lowest BCUT2D eigenvalue weighted by Crippen LogP contribution is -2.08. The molecule has 1 heterocycles. The standard InChI is InChI=1S/C13H13BrN4/c1-2-18-12(5-6-17-18)9-16-13-4-3-11(14)7-10(13)8-15/h3-7,16H,2,9H2,1H3. The molecule has 0 atom stereocenters. The van der Waals surface area contributed by atoms with Crippen LogP contribution in [0.4, 0.5) is 5.69 Å². The molecule has 0 saturated heterocycles. The number of rotatable bonds is 4. The summed E-state index contributed by atoms with van der Waals surface area (Å²) in [7, 11) is 0. The van der Waals surface area contributed by atoms with E-state index in [2.05, 4.69) is 39.3 Å². The van der Waals surface area contributed by atoms with E-state index < -0.39 is 0 Å². The molecule has 5 heteroatoms. The summed E-state index contributed by atoms with van der Waals surface area (Å²) in [6.07, 6.45) is 1.79. The Labute approximate surface area is 114 Å². The van der Waals surface area contributed by atoms with Crippen molar-refractivity contribution in [3.8, 4) is 6.07 Å². The fraction of sp³-hybridized carbons (Fsp3) is 0.231. The summed E-state index contributed by atoms with van der Waals surface area (Å²) in [5.74, 6) is 0. The van der Waals surface area contributed by atoms with Crippen molar-refractivity contribution in [2.24, 2.45) is 0 Å². The SMILES string of the molecule is CCn1nccc1CNc1ccc(Br)cc1C#N. The van der Waals surface area contributed by atoms with Crippen LogP contribution in [0.1, 0.15) is 18.2 Å². The summed E-state index contributed by atoms with van der Waals surface area (Å²) in [4.78, 5) is 0. The van der Waals surface area contributed by atoms with Gasteiger partial charge in [-0.2, -0.15) is 10.4 Å². The quantitative estimate of drug-likeness (QED) is 0.944. The molecule has 2 rings (SSSR count). The first-order valence-corrected chi connectivity index (χ1v) is 6.48. The van der Waals surface area contributed by atoms with Gasteiger partial charge in [0.2, 0.25) is 0 Å². The highest BCUT2D eigenvalue weighted by molar-refractivity contribution is 9.10. The van der Waals surface area contributed by atoms with Gasteiger partial charge in [0, 0.05) is 17.2 Å². The van der Waals surface area contributed by atoms with Gasteiger partial charge >= 0.3 is 0 Å². The average Bonchev–Trinajstić information content (AvgIpc) is 2.84. The lowest BCUT2D eigenvalue weighted by Gasteiger charge is -2.09. The molecule has 0 amide bonds. The van der Waals surface area contributed by atoms with Gasteiger partial charge in [0.15, 0.2) is 0 Å². The minimum Gasteiger partial charge on any atom is -0.378 e. The monoisotopic (exact) mass is 304 g/mol. The fourth-order valence-electron chi connectivity index (χ4n) is 1.74.